The van der Waals surface area contributed by atoms with Crippen molar-refractivity contribution in [1.29, 1.82) is 0 Å². The molecule has 16 nitrogen and oxygen atoms in total. The van der Waals surface area contributed by atoms with Crippen molar-refractivity contribution in [1.82, 2.24) is 16.0 Å². The van der Waals surface area contributed by atoms with Gasteiger partial charge in [-0.1, -0.05) is 56.6 Å². The Balaban J connectivity index is 1.15. The molecule has 10 aliphatic carbocycles. The number of nitrogens with two attached hydrogens (primary N) is 1. The Morgan fingerprint density at radius 1 is 0.950 bits per heavy atom. The molecule has 12 aliphatic rings. The summed E-state index contributed by atoms with van der Waals surface area (Å²) in [7, 11) is 3.69. The van der Waals surface area contributed by atoms with Gasteiger partial charge in [-0.2, -0.15) is 0 Å². The Morgan fingerprint density at radius 3 is 2.41 bits per heavy atom. The first kappa shape index (κ1) is 59.2. The molecule has 7 fully saturated rings. The number of fused-ring (bicyclic) bond motifs is 5. The number of rotatable bonds is 17. The van der Waals surface area contributed by atoms with Crippen LogP contribution in [0.4, 0.5) is 0 Å². The lowest BCUT2D eigenvalue weighted by Gasteiger charge is -2.74. The van der Waals surface area contributed by atoms with Crippen molar-refractivity contribution in [2.24, 2.45) is 68.3 Å². The summed E-state index contributed by atoms with van der Waals surface area (Å²) in [6.45, 7) is 6.79. The fourth-order valence-corrected chi connectivity index (χ4v) is 21.1. The minimum absolute atomic E-state index is 0.00281. The summed E-state index contributed by atoms with van der Waals surface area (Å²) < 4.78 is 12.9. The van der Waals surface area contributed by atoms with Crippen molar-refractivity contribution in [2.75, 3.05) is 40.5 Å². The Kier molecular flexibility index (Phi) is 15.9. The Hall–Kier alpha value is -2.55. The fraction of sp³-hybridized carbons (Fsp3) is 0.828. The normalized spacial score (nSPS) is 48.7. The Morgan fingerprint density at radius 2 is 1.70 bits per heavy atom. The average molecular weight is 1120 g/mol. The summed E-state index contributed by atoms with van der Waals surface area (Å²) in [5.41, 5.74) is -4.74. The van der Waals surface area contributed by atoms with Crippen LogP contribution in [0.15, 0.2) is 59.0 Å². The van der Waals surface area contributed by atoms with E-state index in [0.717, 1.165) is 75.6 Å². The van der Waals surface area contributed by atoms with Crippen LogP contribution in [-0.4, -0.2) is 157 Å². The van der Waals surface area contributed by atoms with E-state index in [9.17, 15) is 35.7 Å². The molecule has 0 aromatic rings. The number of carbonyl (C=O) groups excluding carboxylic acids is 1. The van der Waals surface area contributed by atoms with Gasteiger partial charge in [0.25, 0.3) is 0 Å². The van der Waals surface area contributed by atoms with E-state index in [2.05, 4.69) is 35.0 Å². The highest BCUT2D eigenvalue weighted by atomic mass is 16.5. The number of aliphatic hydroxyl groups excluding tert-OH is 5. The van der Waals surface area contributed by atoms with Crippen LogP contribution < -0.4 is 21.7 Å². The van der Waals surface area contributed by atoms with E-state index < -0.39 is 98.5 Å². The number of methoxy groups -OCH3 is 1. The molecule has 0 aromatic heterocycles. The second-order valence-corrected chi connectivity index (χ2v) is 28.4. The summed E-state index contributed by atoms with van der Waals surface area (Å²) >= 11 is 0. The zero-order chi connectivity index (χ0) is 57.1. The zero-order valence-corrected chi connectivity index (χ0v) is 48.7. The van der Waals surface area contributed by atoms with Crippen LogP contribution in [0, 0.1) is 62.6 Å². The molecule has 0 aromatic carbocycles. The van der Waals surface area contributed by atoms with Crippen LogP contribution in [0.3, 0.4) is 0 Å². The number of ether oxygens (including phenoxy) is 2. The molecular weight excluding hydrogens is 1020 g/mol. The van der Waals surface area contributed by atoms with Gasteiger partial charge >= 0.3 is 0 Å². The fourth-order valence-electron chi connectivity index (χ4n) is 21.1. The van der Waals surface area contributed by atoms with Gasteiger partial charge < -0.3 is 77.1 Å². The predicted molar refractivity (Wildman–Crippen MR) is 303 cm³/mol. The zero-order valence-electron chi connectivity index (χ0n) is 48.7. The van der Waals surface area contributed by atoms with Crippen molar-refractivity contribution >= 4 is 5.78 Å². The molecule has 6 saturated carbocycles. The summed E-state index contributed by atoms with van der Waals surface area (Å²) in [5, 5.41) is 127. The van der Waals surface area contributed by atoms with Gasteiger partial charge in [-0.25, -0.2) is 0 Å². The molecule has 20 atom stereocenters. The molecule has 12 rings (SSSR count). The van der Waals surface area contributed by atoms with Gasteiger partial charge in [0.15, 0.2) is 5.78 Å². The molecule has 2 aliphatic heterocycles. The molecule has 14 N–H and O–H groups in total. The molecule has 0 radical (unpaired) electrons. The minimum atomic E-state index is -2.00. The van der Waals surface area contributed by atoms with Crippen LogP contribution in [0.1, 0.15) is 162 Å². The topological polar surface area (TPSA) is 280 Å². The first-order valence-corrected chi connectivity index (χ1v) is 31.5. The highest BCUT2D eigenvalue weighted by molar-refractivity contribution is 6.01. The summed E-state index contributed by atoms with van der Waals surface area (Å²) in [5.74, 6) is -2.46. The Bertz CT molecular complexity index is 2490. The average Bonchev–Trinajstić information content (AvgIpc) is 2.76. The first-order chi connectivity index (χ1) is 38.1. The number of hydrogen-bond acceptors (Lipinski definition) is 16. The summed E-state index contributed by atoms with van der Waals surface area (Å²) in [6.07, 6.45) is 17.8. The second-order valence-electron chi connectivity index (χ2n) is 28.4. The smallest absolute Gasteiger partial charge is 0.182 e. The highest BCUT2D eigenvalue weighted by Crippen LogP contribution is 2.83. The maximum absolute atomic E-state index is 16.4. The number of Topliss-reactive ketones (excluding diaryl/α,β-unsaturated/α-hetero) is 1. The second kappa shape index (κ2) is 21.4. The third-order valence-corrected chi connectivity index (χ3v) is 24.5. The van der Waals surface area contributed by atoms with Gasteiger partial charge in [-0.05, 0) is 184 Å². The highest BCUT2D eigenvalue weighted by Gasteiger charge is 2.85. The lowest BCUT2D eigenvalue weighted by molar-refractivity contribution is -0.286. The maximum Gasteiger partial charge on any atom is 0.182 e. The first-order valence-electron chi connectivity index (χ1n) is 31.5. The minimum Gasteiger partial charge on any atom is -0.396 e. The van der Waals surface area contributed by atoms with E-state index in [4.69, 9.17) is 15.2 Å². The SMILES string of the molecule is CCC[C@H]1CC[C@H]2[C@@H]3[C@H](O)CCC[C@](O)([C@](C)(O)[C@H]4CC[C@@]5(O)C6=C(NC[C@H](C)O)C(=O)[C@@H]7C[C@@H](O)[C@@H](O)C[C@@]78C[C@]7(C9=C(CCCO)NC(N)C=C9)C=C[C@]68[C@](O)(C=C7)C[C@]45C4CCC(CCOC)(CNC)CC4)[C@@H]3O[C@@H]2CC1. The van der Waals surface area contributed by atoms with Crippen LogP contribution in [-0.2, 0) is 14.3 Å². The quantitative estimate of drug-likeness (QED) is 0.0887. The molecule has 1 unspecified atom stereocenters. The van der Waals surface area contributed by atoms with E-state index >= 15 is 15.0 Å². The van der Waals surface area contributed by atoms with Crippen LogP contribution in [0.25, 0.3) is 0 Å². The van der Waals surface area contributed by atoms with Gasteiger partial charge in [0.05, 0.1) is 70.7 Å². The largest absolute Gasteiger partial charge is 0.396 e. The lowest BCUT2D eigenvalue weighted by atomic mass is 9.30. The van der Waals surface area contributed by atoms with E-state index in [-0.39, 0.29) is 92.9 Å². The molecule has 448 valence electrons. The molecule has 2 spiro atoms. The van der Waals surface area contributed by atoms with Gasteiger partial charge in [-0.3, -0.25) is 4.79 Å². The maximum atomic E-state index is 16.4. The van der Waals surface area contributed by atoms with Crippen LogP contribution in [0.5, 0.6) is 0 Å². The third-order valence-electron chi connectivity index (χ3n) is 24.5. The van der Waals surface area contributed by atoms with E-state index in [1.165, 1.54) is 0 Å². The molecule has 16 heteroatoms. The van der Waals surface area contributed by atoms with Crippen molar-refractivity contribution < 1.29 is 60.2 Å². The number of ketones is 1. The molecule has 2 bridgehead atoms. The molecule has 1 saturated heterocycles. The predicted octanol–water partition coefficient (Wildman–Crippen LogP) is 4.60. The van der Waals surface area contributed by atoms with Crippen LogP contribution in [0.2, 0.25) is 0 Å². The Labute approximate surface area is 475 Å². The van der Waals surface area contributed by atoms with Gasteiger partial charge in [0, 0.05) is 72.8 Å². The number of aliphatic hydroxyl groups is 9. The standard InChI is InChI=1S/C64H100N4O12/c1-6-9-39-12-14-41-48(16-13-39)80-55-51(41)45(71)11-7-21-64(55,78)56(3,75)49-20-24-63(77)54-52(67-34-38(2)70)53(74)43-32-46(72)47(73)33-59(43)35-58(42-15-17-50(65)68-44(42)10-8-30-69)25-27-60(76,62(54,59)28-26-58)36-61(49,63)40-18-22-57(23-19-40,37-66-4)29-31-79-5/h15,17,25-28,38-41,43,45-51,55,66-73,75-78H,6-14,16,18-24,29-37,65H2,1-5H3/t38-,39-,40?,41+,43-,45+,46+,47-,48+,49+,50?,51+,55+,56+,57?,58+,59+,60-,61-,62-,63+,64+/m0/s1. The lowest BCUT2D eigenvalue weighted by Crippen LogP contribution is -2.78. The van der Waals surface area contributed by atoms with Crippen LogP contribution >= 0.6 is 0 Å². The van der Waals surface area contributed by atoms with Crippen molar-refractivity contribution in [3.8, 4) is 0 Å². The number of hydrogen-bond donors (Lipinski definition) is 13. The number of nitrogens with one attached hydrogen (secondary N) is 3. The summed E-state index contributed by atoms with van der Waals surface area (Å²) in [4.78, 5) is 16.4. The van der Waals surface area contributed by atoms with Gasteiger partial charge in [0.1, 0.15) is 5.60 Å². The van der Waals surface area contributed by atoms with E-state index in [0.29, 0.717) is 56.6 Å². The van der Waals surface area contributed by atoms with Crippen molar-refractivity contribution in [3.05, 3.63) is 59.0 Å². The number of carbonyl (C=O) groups is 1. The molecule has 80 heavy (non-hydrogen) atoms. The number of allylic oxidation sites excluding steroid dienone is 6. The van der Waals surface area contributed by atoms with E-state index in [1.807, 2.05) is 31.4 Å². The summed E-state index contributed by atoms with van der Waals surface area (Å²) in [6, 6.07) is 0. The van der Waals surface area contributed by atoms with E-state index in [1.54, 1.807) is 21.0 Å². The monoisotopic (exact) mass is 1120 g/mol. The third kappa shape index (κ3) is 8.53. The number of dihydropyridines is 1. The molecular formula is C64H100N4O12. The van der Waals surface area contributed by atoms with Gasteiger partial charge in [-0.15, -0.1) is 0 Å². The van der Waals surface area contributed by atoms with Crippen molar-refractivity contribution in [3.63, 3.8) is 0 Å². The van der Waals surface area contributed by atoms with Crippen molar-refractivity contribution in [2.45, 2.75) is 227 Å². The van der Waals surface area contributed by atoms with Gasteiger partial charge in [0.2, 0.25) is 0 Å². The molecule has 2 heterocycles. The molecule has 0 amide bonds.